The zero-order chi connectivity index (χ0) is 17.3. The molecule has 0 spiro atoms. The van der Waals surface area contributed by atoms with Crippen LogP contribution >= 0.6 is 0 Å². The number of ether oxygens (including phenoxy) is 1. The molecule has 126 valence electrons. The van der Waals surface area contributed by atoms with Crippen LogP contribution in [0.4, 0.5) is 11.4 Å². The molecule has 0 bridgehead atoms. The lowest BCUT2D eigenvalue weighted by atomic mass is 10.2. The molecule has 1 saturated heterocycles. The smallest absolute Gasteiger partial charge is 0.228 e. The van der Waals surface area contributed by atoms with E-state index in [9.17, 15) is 13.2 Å². The third-order valence-corrected chi connectivity index (χ3v) is 5.06. The minimum atomic E-state index is -3.73. The van der Waals surface area contributed by atoms with Gasteiger partial charge in [-0.2, -0.15) is 0 Å². The number of anilines is 2. The average molecular weight is 347 g/mol. The summed E-state index contributed by atoms with van der Waals surface area (Å²) >= 11 is 0. The number of benzene rings is 2. The van der Waals surface area contributed by atoms with Crippen molar-refractivity contribution >= 4 is 27.3 Å². The van der Waals surface area contributed by atoms with Gasteiger partial charge >= 0.3 is 0 Å². The molecule has 4 N–H and O–H groups in total. The molecule has 1 aliphatic rings. The van der Waals surface area contributed by atoms with Crippen molar-refractivity contribution in [1.29, 1.82) is 0 Å². The van der Waals surface area contributed by atoms with Gasteiger partial charge in [-0.15, -0.1) is 0 Å². The minimum Gasteiger partial charge on any atom is -0.457 e. The molecule has 1 aliphatic heterocycles. The van der Waals surface area contributed by atoms with Gasteiger partial charge in [0.25, 0.3) is 0 Å². The molecule has 0 saturated carbocycles. The van der Waals surface area contributed by atoms with Crippen LogP contribution in [0.1, 0.15) is 6.42 Å². The number of sulfonamides is 1. The highest BCUT2D eigenvalue weighted by Gasteiger charge is 2.37. The van der Waals surface area contributed by atoms with Crippen LogP contribution in [-0.4, -0.2) is 26.1 Å². The first-order valence-electron chi connectivity index (χ1n) is 7.28. The van der Waals surface area contributed by atoms with E-state index >= 15 is 0 Å². The molecule has 1 heterocycles. The number of rotatable bonds is 4. The van der Waals surface area contributed by atoms with Crippen molar-refractivity contribution in [3.05, 3.63) is 48.5 Å². The van der Waals surface area contributed by atoms with Crippen LogP contribution in [0.5, 0.6) is 11.5 Å². The first kappa shape index (κ1) is 16.3. The molecule has 0 aliphatic carbocycles. The van der Waals surface area contributed by atoms with Gasteiger partial charge < -0.3 is 15.4 Å². The summed E-state index contributed by atoms with van der Waals surface area (Å²) in [5.74, 6) is 0.975. The van der Waals surface area contributed by atoms with E-state index in [0.717, 1.165) is 0 Å². The van der Waals surface area contributed by atoms with E-state index in [0.29, 0.717) is 22.9 Å². The van der Waals surface area contributed by atoms with Gasteiger partial charge in [0, 0.05) is 24.3 Å². The summed E-state index contributed by atoms with van der Waals surface area (Å²) in [4.78, 5) is 13.4. The lowest BCUT2D eigenvalue weighted by Gasteiger charge is -2.17. The van der Waals surface area contributed by atoms with Crippen LogP contribution in [-0.2, 0) is 14.8 Å². The third-order valence-electron chi connectivity index (χ3n) is 3.82. The van der Waals surface area contributed by atoms with E-state index in [-0.39, 0.29) is 18.9 Å². The average Bonchev–Trinajstić information content (AvgIpc) is 2.93. The number of amides is 1. The largest absolute Gasteiger partial charge is 0.457 e. The molecular weight excluding hydrogens is 330 g/mol. The predicted molar refractivity (Wildman–Crippen MR) is 91.2 cm³/mol. The number of carbonyl (C=O) groups excluding carboxylic acids is 1. The standard InChI is InChI=1S/C16H17N3O4S/c17-11-1-5-13(6-2-11)23-14-7-3-12(4-8-14)19-10-15(9-16(19)20)24(18,21)22/h1-8,15H,9-10,17H2,(H2,18,21,22). The molecule has 1 unspecified atom stereocenters. The molecule has 24 heavy (non-hydrogen) atoms. The number of nitrogens with two attached hydrogens (primary N) is 2. The Balaban J connectivity index is 1.73. The van der Waals surface area contributed by atoms with Gasteiger partial charge in [-0.25, -0.2) is 13.6 Å². The topological polar surface area (TPSA) is 116 Å². The van der Waals surface area contributed by atoms with E-state index < -0.39 is 15.3 Å². The van der Waals surface area contributed by atoms with Crippen molar-refractivity contribution in [2.24, 2.45) is 5.14 Å². The zero-order valence-corrected chi connectivity index (χ0v) is 13.6. The van der Waals surface area contributed by atoms with Crippen molar-refractivity contribution in [1.82, 2.24) is 0 Å². The molecule has 0 radical (unpaired) electrons. The molecular formula is C16H17N3O4S. The maximum Gasteiger partial charge on any atom is 0.228 e. The fraction of sp³-hybridized carbons (Fsp3) is 0.188. The lowest BCUT2D eigenvalue weighted by molar-refractivity contribution is -0.117. The fourth-order valence-corrected chi connectivity index (χ4v) is 3.24. The quantitative estimate of drug-likeness (QED) is 0.812. The van der Waals surface area contributed by atoms with Gasteiger partial charge in [0.05, 0.1) is 0 Å². The second-order valence-electron chi connectivity index (χ2n) is 5.58. The normalized spacial score (nSPS) is 18.0. The SMILES string of the molecule is Nc1ccc(Oc2ccc(N3CC(S(N)(=O)=O)CC3=O)cc2)cc1. The number of hydrogen-bond acceptors (Lipinski definition) is 5. The summed E-state index contributed by atoms with van der Waals surface area (Å²) in [5, 5.41) is 4.26. The van der Waals surface area contributed by atoms with Crippen LogP contribution < -0.4 is 20.5 Å². The summed E-state index contributed by atoms with van der Waals surface area (Å²) in [5.41, 5.74) is 6.87. The van der Waals surface area contributed by atoms with Gasteiger partial charge in [-0.05, 0) is 48.5 Å². The van der Waals surface area contributed by atoms with Crippen LogP contribution in [0.3, 0.4) is 0 Å². The maximum absolute atomic E-state index is 12.0. The predicted octanol–water partition coefficient (Wildman–Crippen LogP) is 1.45. The molecule has 2 aromatic rings. The molecule has 7 nitrogen and oxygen atoms in total. The van der Waals surface area contributed by atoms with Gasteiger partial charge in [0.1, 0.15) is 16.7 Å². The Bertz CT molecular complexity index is 848. The van der Waals surface area contributed by atoms with Gasteiger partial charge in [0.15, 0.2) is 0 Å². The monoisotopic (exact) mass is 347 g/mol. The molecule has 3 rings (SSSR count). The van der Waals surface area contributed by atoms with Gasteiger partial charge in [-0.3, -0.25) is 4.79 Å². The van der Waals surface area contributed by atoms with Crippen LogP contribution in [0.15, 0.2) is 48.5 Å². The van der Waals surface area contributed by atoms with E-state index in [4.69, 9.17) is 15.6 Å². The summed E-state index contributed by atoms with van der Waals surface area (Å²) < 4.78 is 28.5. The van der Waals surface area contributed by atoms with Gasteiger partial charge in [0.2, 0.25) is 15.9 Å². The van der Waals surface area contributed by atoms with E-state index in [1.165, 1.54) is 4.90 Å². The van der Waals surface area contributed by atoms with E-state index in [1.54, 1.807) is 48.5 Å². The Hall–Kier alpha value is -2.58. The van der Waals surface area contributed by atoms with Crippen molar-refractivity contribution in [3.8, 4) is 11.5 Å². The summed E-state index contributed by atoms with van der Waals surface area (Å²) in [6, 6.07) is 13.8. The minimum absolute atomic E-state index is 0.0653. The summed E-state index contributed by atoms with van der Waals surface area (Å²) in [6.07, 6.45) is -0.0947. The number of hydrogen-bond donors (Lipinski definition) is 2. The Kier molecular flexibility index (Phi) is 4.16. The number of nitrogen functional groups attached to an aromatic ring is 1. The second kappa shape index (κ2) is 6.14. The fourth-order valence-electron chi connectivity index (χ4n) is 2.51. The Morgan fingerprint density at radius 3 is 2.04 bits per heavy atom. The number of carbonyl (C=O) groups is 1. The number of nitrogens with zero attached hydrogens (tertiary/aromatic N) is 1. The van der Waals surface area contributed by atoms with Crippen LogP contribution in [0.2, 0.25) is 0 Å². The third kappa shape index (κ3) is 3.50. The highest BCUT2D eigenvalue weighted by atomic mass is 32.2. The zero-order valence-electron chi connectivity index (χ0n) is 12.8. The molecule has 1 amide bonds. The molecule has 0 aromatic heterocycles. The molecule has 1 fully saturated rings. The van der Waals surface area contributed by atoms with E-state index in [2.05, 4.69) is 0 Å². The van der Waals surface area contributed by atoms with Crippen molar-refractivity contribution < 1.29 is 17.9 Å². The maximum atomic E-state index is 12.0. The lowest BCUT2D eigenvalue weighted by Crippen LogP contribution is -2.32. The highest BCUT2D eigenvalue weighted by Crippen LogP contribution is 2.28. The molecule has 2 aromatic carbocycles. The second-order valence-corrected chi connectivity index (χ2v) is 7.43. The van der Waals surface area contributed by atoms with Crippen molar-refractivity contribution in [2.75, 3.05) is 17.2 Å². The van der Waals surface area contributed by atoms with Crippen molar-refractivity contribution in [3.63, 3.8) is 0 Å². The summed E-state index contributed by atoms with van der Waals surface area (Å²) in [6.45, 7) is 0.0653. The van der Waals surface area contributed by atoms with Crippen LogP contribution in [0.25, 0.3) is 0 Å². The first-order chi connectivity index (χ1) is 11.3. The summed E-state index contributed by atoms with van der Waals surface area (Å²) in [7, 11) is -3.73. The first-order valence-corrected chi connectivity index (χ1v) is 8.89. The van der Waals surface area contributed by atoms with Gasteiger partial charge in [-0.1, -0.05) is 0 Å². The Morgan fingerprint density at radius 2 is 1.54 bits per heavy atom. The Morgan fingerprint density at radius 1 is 1.00 bits per heavy atom. The molecule has 1 atom stereocenters. The van der Waals surface area contributed by atoms with Crippen LogP contribution in [0, 0.1) is 0 Å². The van der Waals surface area contributed by atoms with E-state index in [1.807, 2.05) is 0 Å². The Labute approximate surface area is 139 Å². The number of primary sulfonamides is 1. The molecule has 8 heteroatoms. The highest BCUT2D eigenvalue weighted by molar-refractivity contribution is 7.89. The van der Waals surface area contributed by atoms with Crippen molar-refractivity contribution in [2.45, 2.75) is 11.7 Å².